The first kappa shape index (κ1) is 45.2. The molecule has 0 aliphatic heterocycles. The fraction of sp³-hybridized carbons (Fsp3) is 0. The number of nitrogens with zero attached hydrogens (tertiary/aromatic N) is 5. The van der Waals surface area contributed by atoms with Gasteiger partial charge in [-0.05, 0) is 151 Å². The molecule has 0 unspecified atom stereocenters. The zero-order chi connectivity index (χ0) is 51.1. The molecule has 0 N–H and O–H groups in total. The van der Waals surface area contributed by atoms with Gasteiger partial charge in [0.25, 0.3) is 0 Å². The lowest BCUT2D eigenvalue weighted by atomic mass is 9.87. The minimum atomic E-state index is 0.868. The van der Waals surface area contributed by atoms with Crippen molar-refractivity contribution >= 4 is 21.9 Å². The molecule has 6 heteroatoms. The monoisotopic (exact) mass is 985 g/mol. The van der Waals surface area contributed by atoms with Gasteiger partial charge in [0.2, 0.25) is 0 Å². The Bertz CT molecular complexity index is 4300. The molecule has 14 rings (SSSR count). The molecule has 0 radical (unpaired) electrons. The highest BCUT2D eigenvalue weighted by Crippen LogP contribution is 2.43. The number of pyridine rings is 1. The van der Waals surface area contributed by atoms with Crippen LogP contribution >= 0.6 is 0 Å². The van der Waals surface area contributed by atoms with Gasteiger partial charge < -0.3 is 4.42 Å². The molecule has 0 amide bonds. The van der Waals surface area contributed by atoms with Gasteiger partial charge in [-0.2, -0.15) is 10.2 Å². The summed E-state index contributed by atoms with van der Waals surface area (Å²) >= 11 is 0. The summed E-state index contributed by atoms with van der Waals surface area (Å²) in [4.78, 5) is 5.14. The molecule has 4 aromatic heterocycles. The fourth-order valence-corrected chi connectivity index (χ4v) is 10.8. The van der Waals surface area contributed by atoms with Crippen molar-refractivity contribution in [3.63, 3.8) is 0 Å². The van der Waals surface area contributed by atoms with Crippen molar-refractivity contribution < 1.29 is 4.42 Å². The van der Waals surface area contributed by atoms with Gasteiger partial charge in [0.05, 0.1) is 29.5 Å². The molecule has 0 spiro atoms. The summed E-state index contributed by atoms with van der Waals surface area (Å²) < 4.78 is 10.3. The Kier molecular flexibility index (Phi) is 11.4. The first-order valence-corrected chi connectivity index (χ1v) is 25.9. The van der Waals surface area contributed by atoms with Crippen LogP contribution in [0.4, 0.5) is 0 Å². The van der Waals surface area contributed by atoms with Gasteiger partial charge in [-0.25, -0.2) is 9.36 Å². The van der Waals surface area contributed by atoms with Gasteiger partial charge in [-0.15, -0.1) is 0 Å². The summed E-state index contributed by atoms with van der Waals surface area (Å²) in [6.45, 7) is 0. The van der Waals surface area contributed by atoms with E-state index in [4.69, 9.17) is 19.6 Å². The molecular weight excluding hydrogens is 939 g/mol. The van der Waals surface area contributed by atoms with Gasteiger partial charge in [-0.3, -0.25) is 4.98 Å². The van der Waals surface area contributed by atoms with E-state index in [-0.39, 0.29) is 0 Å². The lowest BCUT2D eigenvalue weighted by Crippen LogP contribution is -1.93. The van der Waals surface area contributed by atoms with E-state index in [1.807, 2.05) is 70.4 Å². The molecule has 0 fully saturated rings. The number of rotatable bonds is 11. The fourth-order valence-electron chi connectivity index (χ4n) is 10.8. The average molecular weight is 986 g/mol. The van der Waals surface area contributed by atoms with E-state index in [1.165, 1.54) is 11.1 Å². The number of furan rings is 1. The van der Waals surface area contributed by atoms with E-state index in [9.17, 15) is 0 Å². The van der Waals surface area contributed by atoms with Crippen LogP contribution in [0.15, 0.2) is 290 Å². The highest BCUT2D eigenvalue weighted by atomic mass is 16.3. The molecule has 0 saturated heterocycles. The van der Waals surface area contributed by atoms with E-state index in [0.29, 0.717) is 0 Å². The molecule has 362 valence electrons. The summed E-state index contributed by atoms with van der Waals surface area (Å²) in [6, 6.07) is 89.8. The van der Waals surface area contributed by atoms with E-state index in [0.717, 1.165) is 122 Å². The molecule has 6 nitrogen and oxygen atoms in total. The van der Waals surface area contributed by atoms with E-state index >= 15 is 0 Å². The van der Waals surface area contributed by atoms with Crippen LogP contribution in [-0.2, 0) is 0 Å². The van der Waals surface area contributed by atoms with Crippen molar-refractivity contribution in [1.29, 1.82) is 0 Å². The molecular formula is C71H47N5O. The summed E-state index contributed by atoms with van der Waals surface area (Å²) in [7, 11) is 0. The molecule has 14 aromatic rings. The topological polar surface area (TPSA) is 61.7 Å². The number of para-hydroxylation sites is 2. The average Bonchev–Trinajstić information content (AvgIpc) is 4.31. The second-order valence-corrected chi connectivity index (χ2v) is 19.4. The smallest absolute Gasteiger partial charge is 0.136 e. The Hall–Kier alpha value is -10.4. The van der Waals surface area contributed by atoms with E-state index in [2.05, 4.69) is 225 Å². The normalized spacial score (nSPS) is 11.4. The predicted molar refractivity (Wildman–Crippen MR) is 315 cm³/mol. The van der Waals surface area contributed by atoms with Crippen molar-refractivity contribution in [1.82, 2.24) is 24.5 Å². The number of hydrogen-bond acceptors (Lipinski definition) is 4. The number of benzene rings is 10. The third kappa shape index (κ3) is 8.70. The minimum absolute atomic E-state index is 0.868. The second-order valence-electron chi connectivity index (χ2n) is 19.4. The van der Waals surface area contributed by atoms with Gasteiger partial charge in [-0.1, -0.05) is 176 Å². The zero-order valence-electron chi connectivity index (χ0n) is 41.8. The van der Waals surface area contributed by atoms with Crippen LogP contribution in [0.2, 0.25) is 0 Å². The van der Waals surface area contributed by atoms with Crippen LogP contribution in [0.25, 0.3) is 134 Å². The van der Waals surface area contributed by atoms with Crippen molar-refractivity contribution in [2.75, 3.05) is 0 Å². The van der Waals surface area contributed by atoms with Gasteiger partial charge in [0.15, 0.2) is 0 Å². The Labute approximate surface area is 446 Å². The number of hydrogen-bond donors (Lipinski definition) is 0. The van der Waals surface area contributed by atoms with Gasteiger partial charge >= 0.3 is 0 Å². The van der Waals surface area contributed by atoms with Crippen molar-refractivity contribution in [2.24, 2.45) is 0 Å². The van der Waals surface area contributed by atoms with Crippen LogP contribution in [0.3, 0.4) is 0 Å². The van der Waals surface area contributed by atoms with E-state index in [1.54, 1.807) is 0 Å². The highest BCUT2D eigenvalue weighted by Gasteiger charge is 2.19. The lowest BCUT2D eigenvalue weighted by Gasteiger charge is -2.17. The van der Waals surface area contributed by atoms with Crippen LogP contribution in [0, 0.1) is 0 Å². The molecule has 4 heterocycles. The summed E-state index contributed by atoms with van der Waals surface area (Å²) in [5.41, 5.74) is 23.2. The maximum Gasteiger partial charge on any atom is 0.136 e. The Morgan fingerprint density at radius 1 is 0.260 bits per heavy atom. The Balaban J connectivity index is 0.831. The molecule has 77 heavy (non-hydrogen) atoms. The van der Waals surface area contributed by atoms with Gasteiger partial charge in [0, 0.05) is 51.6 Å². The standard InChI is InChI=1S/C71H47N5O/c1-4-17-48(18-5-1)50-33-36-70-68(41-50)67-34-31-51(42-71(67)77-70)49-19-16-20-52(37-49)69-35-32-53(43-72-69)61-25-10-11-26-62(61)54-38-55(63-27-12-14-29-65(63)57-44-73-75(46-57)59-21-6-2-7-22-59)40-56(39-54)64-28-13-15-30-66(64)58-45-74-76(47-58)60-23-8-3-9-24-60/h1-47H. The number of fused-ring (bicyclic) bond motifs is 3. The van der Waals surface area contributed by atoms with Crippen molar-refractivity contribution in [2.45, 2.75) is 0 Å². The predicted octanol–water partition coefficient (Wildman–Crippen LogP) is 18.4. The third-order valence-electron chi connectivity index (χ3n) is 14.6. The largest absolute Gasteiger partial charge is 0.456 e. The highest BCUT2D eigenvalue weighted by molar-refractivity contribution is 6.07. The molecule has 0 atom stereocenters. The van der Waals surface area contributed by atoms with Crippen LogP contribution in [0.1, 0.15) is 0 Å². The summed E-state index contributed by atoms with van der Waals surface area (Å²) in [6.07, 6.45) is 10.2. The van der Waals surface area contributed by atoms with E-state index < -0.39 is 0 Å². The quantitative estimate of drug-likeness (QED) is 0.130. The minimum Gasteiger partial charge on any atom is -0.456 e. The molecule has 10 aromatic carbocycles. The second kappa shape index (κ2) is 19.4. The number of aromatic nitrogens is 5. The molecule has 0 bridgehead atoms. The SMILES string of the molecule is c1ccc(-c2ccc3oc4cc(-c5cccc(-c6ccc(-c7ccccc7-c7cc(-c8ccccc8-c8cnn(-c9ccccc9)c8)cc(-c8ccccc8-c8cnn(-c9ccccc9)c8)c7)cn6)c5)ccc4c3c2)cc1. The Morgan fingerprint density at radius 3 is 1.23 bits per heavy atom. The lowest BCUT2D eigenvalue weighted by molar-refractivity contribution is 0.669. The molecule has 0 aliphatic rings. The van der Waals surface area contributed by atoms with Crippen LogP contribution in [-0.4, -0.2) is 24.5 Å². The van der Waals surface area contributed by atoms with Crippen molar-refractivity contribution in [3.05, 3.63) is 286 Å². The third-order valence-corrected chi connectivity index (χ3v) is 14.6. The molecule has 0 saturated carbocycles. The maximum absolute atomic E-state index is 6.43. The van der Waals surface area contributed by atoms with Crippen molar-refractivity contribution in [3.8, 4) is 112 Å². The summed E-state index contributed by atoms with van der Waals surface area (Å²) in [5, 5.41) is 11.8. The maximum atomic E-state index is 6.43. The first-order valence-electron chi connectivity index (χ1n) is 25.9. The summed E-state index contributed by atoms with van der Waals surface area (Å²) in [5.74, 6) is 0. The van der Waals surface area contributed by atoms with Crippen LogP contribution in [0.5, 0.6) is 0 Å². The Morgan fingerprint density at radius 2 is 0.688 bits per heavy atom. The van der Waals surface area contributed by atoms with Gasteiger partial charge in [0.1, 0.15) is 11.2 Å². The van der Waals surface area contributed by atoms with Crippen LogP contribution < -0.4 is 0 Å². The molecule has 0 aliphatic carbocycles. The zero-order valence-corrected chi connectivity index (χ0v) is 41.8. The first-order chi connectivity index (χ1) is 38.1.